The minimum absolute atomic E-state index is 0.601. The van der Waals surface area contributed by atoms with Crippen LogP contribution in [0.5, 0.6) is 0 Å². The third kappa shape index (κ3) is 2.76. The summed E-state index contributed by atoms with van der Waals surface area (Å²) in [6, 6.07) is 8.52. The van der Waals surface area contributed by atoms with Crippen molar-refractivity contribution in [3.8, 4) is 17.2 Å². The summed E-state index contributed by atoms with van der Waals surface area (Å²) in [4.78, 5) is 0. The van der Waals surface area contributed by atoms with E-state index in [1.165, 1.54) is 16.7 Å². The fraction of sp³-hybridized carbons (Fsp3) is 0.250. The van der Waals surface area contributed by atoms with Gasteiger partial charge in [-0.2, -0.15) is 5.26 Å². The Bertz CT molecular complexity index is 345. The molecule has 0 saturated heterocycles. The van der Waals surface area contributed by atoms with Gasteiger partial charge in [0.2, 0.25) is 0 Å². The second-order valence-corrected chi connectivity index (χ2v) is 3.02. The first kappa shape index (κ1) is 9.54. The average molecular weight is 171 g/mol. The van der Waals surface area contributed by atoms with Crippen LogP contribution < -0.4 is 0 Å². The van der Waals surface area contributed by atoms with Crippen molar-refractivity contribution in [3.63, 3.8) is 0 Å². The maximum absolute atomic E-state index is 7.90. The standard InChI is InChI=1S/C7H6.C5H7N/c1-5-2-3-6-4-7(5)6;1-2-3-4-5-6/h2-4H,1H3;2H,1,3-4H2. The van der Waals surface area contributed by atoms with Crippen LogP contribution in [0.3, 0.4) is 0 Å². The van der Waals surface area contributed by atoms with E-state index in [4.69, 9.17) is 5.26 Å². The lowest BCUT2D eigenvalue weighted by Gasteiger charge is -1.71. The molecule has 0 heterocycles. The third-order valence-electron chi connectivity index (χ3n) is 1.93. The first-order valence-corrected chi connectivity index (χ1v) is 4.38. The molecule has 0 fully saturated rings. The Morgan fingerprint density at radius 2 is 2.31 bits per heavy atom. The fourth-order valence-corrected chi connectivity index (χ4v) is 1.07. The van der Waals surface area contributed by atoms with Gasteiger partial charge in [0.1, 0.15) is 0 Å². The Morgan fingerprint density at radius 1 is 1.54 bits per heavy atom. The van der Waals surface area contributed by atoms with Crippen molar-refractivity contribution >= 4 is 0 Å². The van der Waals surface area contributed by atoms with E-state index < -0.39 is 0 Å². The summed E-state index contributed by atoms with van der Waals surface area (Å²) < 4.78 is 0. The Labute approximate surface area is 79.3 Å². The molecule has 0 spiro atoms. The van der Waals surface area contributed by atoms with Gasteiger partial charge in [-0.15, -0.1) is 6.58 Å². The molecule has 0 bridgehead atoms. The van der Waals surface area contributed by atoms with Crippen LogP contribution in [0, 0.1) is 18.3 Å². The molecule has 2 aliphatic carbocycles. The van der Waals surface area contributed by atoms with Gasteiger partial charge in [0.15, 0.2) is 0 Å². The average Bonchev–Trinajstić information content (AvgIpc) is 2.85. The van der Waals surface area contributed by atoms with Crippen LogP contribution in [0.4, 0.5) is 0 Å². The van der Waals surface area contributed by atoms with E-state index in [0.717, 1.165) is 6.42 Å². The van der Waals surface area contributed by atoms with Gasteiger partial charge < -0.3 is 0 Å². The fourth-order valence-electron chi connectivity index (χ4n) is 1.07. The molecule has 0 atom stereocenters. The molecule has 1 heteroatoms. The van der Waals surface area contributed by atoms with E-state index in [1.807, 2.05) is 6.07 Å². The monoisotopic (exact) mass is 171 g/mol. The number of nitrogens with zero attached hydrogens (tertiary/aromatic N) is 1. The number of allylic oxidation sites excluding steroid dienone is 1. The lowest BCUT2D eigenvalue weighted by molar-refractivity contribution is 1.07. The molecule has 2 rings (SSSR count). The summed E-state index contributed by atoms with van der Waals surface area (Å²) in [6.45, 7) is 5.59. The summed E-state index contributed by atoms with van der Waals surface area (Å²) in [5, 5.41) is 7.90. The van der Waals surface area contributed by atoms with Crippen LogP contribution in [0.25, 0.3) is 11.1 Å². The molecular formula is C12H13N. The van der Waals surface area contributed by atoms with E-state index in [2.05, 4.69) is 31.7 Å². The molecule has 0 saturated carbocycles. The Balaban J connectivity index is 0.000000133. The van der Waals surface area contributed by atoms with Crippen molar-refractivity contribution in [1.29, 1.82) is 5.26 Å². The van der Waals surface area contributed by atoms with Crippen molar-refractivity contribution in [2.24, 2.45) is 0 Å². The molecular weight excluding hydrogens is 158 g/mol. The minimum Gasteiger partial charge on any atom is -0.198 e. The quantitative estimate of drug-likeness (QED) is 0.501. The molecule has 13 heavy (non-hydrogen) atoms. The Hall–Kier alpha value is -1.55. The van der Waals surface area contributed by atoms with Crippen molar-refractivity contribution in [2.45, 2.75) is 19.8 Å². The predicted molar refractivity (Wildman–Crippen MR) is 55.2 cm³/mol. The highest BCUT2D eigenvalue weighted by Crippen LogP contribution is 2.37. The summed E-state index contributed by atoms with van der Waals surface area (Å²) >= 11 is 0. The number of aryl methyl sites for hydroxylation is 1. The van der Waals surface area contributed by atoms with Crippen LogP contribution in [-0.2, 0) is 0 Å². The van der Waals surface area contributed by atoms with Crippen LogP contribution >= 0.6 is 0 Å². The maximum atomic E-state index is 7.90. The van der Waals surface area contributed by atoms with Gasteiger partial charge in [-0.3, -0.25) is 0 Å². The Morgan fingerprint density at radius 3 is 2.46 bits per heavy atom. The second kappa shape index (κ2) is 4.47. The van der Waals surface area contributed by atoms with Crippen LogP contribution in [0.2, 0.25) is 0 Å². The summed E-state index contributed by atoms with van der Waals surface area (Å²) in [5.41, 5.74) is 4.34. The highest BCUT2D eigenvalue weighted by atomic mass is 14.2. The topological polar surface area (TPSA) is 23.8 Å². The second-order valence-electron chi connectivity index (χ2n) is 3.02. The molecule has 0 unspecified atom stereocenters. The van der Waals surface area contributed by atoms with Crippen molar-refractivity contribution < 1.29 is 0 Å². The molecule has 66 valence electrons. The van der Waals surface area contributed by atoms with Crippen LogP contribution in [-0.4, -0.2) is 0 Å². The number of fused-ring (bicyclic) bond motifs is 1. The molecule has 1 nitrogen and oxygen atoms in total. The molecule has 0 aromatic heterocycles. The molecule has 0 aromatic rings. The lowest BCUT2D eigenvalue weighted by Crippen LogP contribution is -1.57. The van der Waals surface area contributed by atoms with Gasteiger partial charge in [-0.1, -0.05) is 18.2 Å². The third-order valence-corrected chi connectivity index (χ3v) is 1.93. The molecule has 0 aliphatic heterocycles. The van der Waals surface area contributed by atoms with Gasteiger partial charge in [0.25, 0.3) is 0 Å². The Kier molecular flexibility index (Phi) is 3.28. The summed E-state index contributed by atoms with van der Waals surface area (Å²) in [6.07, 6.45) is 3.16. The zero-order valence-electron chi connectivity index (χ0n) is 7.88. The van der Waals surface area contributed by atoms with Crippen LogP contribution in [0.1, 0.15) is 18.4 Å². The van der Waals surface area contributed by atoms with Gasteiger partial charge in [0, 0.05) is 6.42 Å². The molecule has 0 N–H and O–H groups in total. The largest absolute Gasteiger partial charge is 0.198 e. The van der Waals surface area contributed by atoms with Crippen molar-refractivity contribution in [2.75, 3.05) is 0 Å². The number of unbranched alkanes of at least 4 members (excludes halogenated alkanes) is 1. The van der Waals surface area contributed by atoms with E-state index in [0.29, 0.717) is 6.42 Å². The highest BCUT2D eigenvalue weighted by molar-refractivity contribution is 5.84. The normalized spacial score (nSPS) is 9.23. The summed E-state index contributed by atoms with van der Waals surface area (Å²) in [5.74, 6) is 0. The zero-order valence-corrected chi connectivity index (χ0v) is 7.88. The van der Waals surface area contributed by atoms with E-state index in [9.17, 15) is 0 Å². The number of rotatable bonds is 2. The van der Waals surface area contributed by atoms with Gasteiger partial charge in [-0.05, 0) is 36.1 Å². The maximum Gasteiger partial charge on any atom is 0.0624 e. The molecule has 0 aromatic carbocycles. The molecule has 2 aliphatic rings. The van der Waals surface area contributed by atoms with E-state index in [-0.39, 0.29) is 0 Å². The number of hydrogen-bond acceptors (Lipinski definition) is 1. The first-order valence-electron chi connectivity index (χ1n) is 4.38. The summed E-state index contributed by atoms with van der Waals surface area (Å²) in [7, 11) is 0. The van der Waals surface area contributed by atoms with Crippen molar-refractivity contribution in [1.82, 2.24) is 0 Å². The molecule has 0 radical (unpaired) electrons. The van der Waals surface area contributed by atoms with E-state index >= 15 is 0 Å². The van der Waals surface area contributed by atoms with Gasteiger partial charge in [-0.25, -0.2) is 0 Å². The van der Waals surface area contributed by atoms with E-state index in [1.54, 1.807) is 6.08 Å². The number of hydrogen-bond donors (Lipinski definition) is 0. The lowest BCUT2D eigenvalue weighted by atomic mass is 10.3. The zero-order chi connectivity index (χ0) is 9.68. The van der Waals surface area contributed by atoms with Gasteiger partial charge >= 0.3 is 0 Å². The predicted octanol–water partition coefficient (Wildman–Crippen LogP) is 3.45. The van der Waals surface area contributed by atoms with Crippen LogP contribution in [0.15, 0.2) is 30.9 Å². The highest BCUT2D eigenvalue weighted by Gasteiger charge is 2.12. The van der Waals surface area contributed by atoms with Crippen molar-refractivity contribution in [3.05, 3.63) is 36.4 Å². The minimum atomic E-state index is 0.601. The van der Waals surface area contributed by atoms with Gasteiger partial charge in [0.05, 0.1) is 6.07 Å². The number of benzene rings is 1. The molecule has 0 amide bonds. The number of nitriles is 1. The SMILES string of the molecule is C=CCCC#N.Cc1ccc2cc1-2. The first-order chi connectivity index (χ1) is 6.29. The smallest absolute Gasteiger partial charge is 0.0624 e.